The fourth-order valence-electron chi connectivity index (χ4n) is 3.74. The number of aromatic hydroxyl groups is 1. The van der Waals surface area contributed by atoms with Crippen LogP contribution >= 0.6 is 0 Å². The summed E-state index contributed by atoms with van der Waals surface area (Å²) in [6.45, 7) is 0.234. The van der Waals surface area contributed by atoms with Crippen LogP contribution in [0, 0.1) is 0 Å². The summed E-state index contributed by atoms with van der Waals surface area (Å²) in [7, 11) is 1.56. The highest BCUT2D eigenvalue weighted by molar-refractivity contribution is 5.94. The topological polar surface area (TPSA) is 106 Å². The van der Waals surface area contributed by atoms with E-state index in [9.17, 15) is 19.8 Å². The normalized spacial score (nSPS) is 12.9. The second-order valence-corrected chi connectivity index (χ2v) is 7.98. The van der Waals surface area contributed by atoms with Gasteiger partial charge >= 0.3 is 5.97 Å². The van der Waals surface area contributed by atoms with E-state index in [4.69, 9.17) is 14.2 Å². The van der Waals surface area contributed by atoms with Gasteiger partial charge in [0.1, 0.15) is 17.5 Å². The summed E-state index contributed by atoms with van der Waals surface area (Å²) in [4.78, 5) is 26.9. The molecule has 0 bridgehead atoms. The summed E-state index contributed by atoms with van der Waals surface area (Å²) in [5.41, 5.74) is 2.16. The monoisotopic (exact) mass is 475 g/mol. The predicted molar refractivity (Wildman–Crippen MR) is 128 cm³/mol. The van der Waals surface area contributed by atoms with Crippen molar-refractivity contribution in [1.29, 1.82) is 0 Å². The Morgan fingerprint density at radius 3 is 2.37 bits per heavy atom. The fraction of sp³-hybridized carbons (Fsp3) is 0.185. The molecule has 3 aromatic carbocycles. The van der Waals surface area contributed by atoms with E-state index < -0.39 is 17.9 Å². The molecule has 4 rings (SSSR count). The Hall–Kier alpha value is -4.46. The average molecular weight is 475 g/mol. The maximum atomic E-state index is 13.3. The minimum absolute atomic E-state index is 0.0787. The number of amides is 1. The molecule has 3 aromatic rings. The number of methoxy groups -OCH3 is 1. The molecule has 2 N–H and O–H groups in total. The van der Waals surface area contributed by atoms with Crippen molar-refractivity contribution in [3.05, 3.63) is 89.5 Å². The van der Waals surface area contributed by atoms with Gasteiger partial charge in [-0.05, 0) is 59.2 Å². The molecule has 0 aliphatic carbocycles. The molecule has 0 saturated heterocycles. The highest BCUT2D eigenvalue weighted by Gasteiger charge is 2.29. The molecule has 35 heavy (non-hydrogen) atoms. The third-order valence-electron chi connectivity index (χ3n) is 5.64. The van der Waals surface area contributed by atoms with E-state index in [-0.39, 0.29) is 25.5 Å². The molecule has 1 aliphatic heterocycles. The van der Waals surface area contributed by atoms with Gasteiger partial charge in [-0.2, -0.15) is 0 Å². The number of ether oxygens (including phenoxy) is 3. The van der Waals surface area contributed by atoms with Crippen molar-refractivity contribution in [3.8, 4) is 23.0 Å². The van der Waals surface area contributed by atoms with E-state index in [0.717, 1.165) is 11.1 Å². The standard InChI is InChI=1S/C27H25NO7/c1-33-22-10-4-20(5-11-22)16-28(23(27(31)32)14-18-2-8-21(29)9-3-18)26(30)13-7-19-6-12-24-25(15-19)35-17-34-24/h2-13,15,23,29H,14,16-17H2,1H3,(H,31,32)/b13-7+/t23-/m0/s1. The van der Waals surface area contributed by atoms with E-state index in [2.05, 4.69) is 0 Å². The van der Waals surface area contributed by atoms with Crippen LogP contribution < -0.4 is 14.2 Å². The largest absolute Gasteiger partial charge is 0.508 e. The van der Waals surface area contributed by atoms with Crippen LogP contribution in [0.15, 0.2) is 72.8 Å². The summed E-state index contributed by atoms with van der Waals surface area (Å²) < 4.78 is 15.9. The van der Waals surface area contributed by atoms with Gasteiger partial charge in [-0.3, -0.25) is 4.79 Å². The molecular formula is C27H25NO7. The van der Waals surface area contributed by atoms with Crippen LogP contribution in [0.5, 0.6) is 23.0 Å². The minimum Gasteiger partial charge on any atom is -0.508 e. The summed E-state index contributed by atoms with van der Waals surface area (Å²) in [5.74, 6) is 0.382. The van der Waals surface area contributed by atoms with Gasteiger partial charge < -0.3 is 29.3 Å². The molecule has 0 saturated carbocycles. The van der Waals surface area contributed by atoms with Gasteiger partial charge in [0.05, 0.1) is 7.11 Å². The number of fused-ring (bicyclic) bond motifs is 1. The third-order valence-corrected chi connectivity index (χ3v) is 5.64. The van der Waals surface area contributed by atoms with Crippen LogP contribution in [0.2, 0.25) is 0 Å². The SMILES string of the molecule is COc1ccc(CN(C(=O)/C=C/c2ccc3c(c2)OCO3)[C@@H](Cc2ccc(O)cc2)C(=O)O)cc1. The van der Waals surface area contributed by atoms with E-state index in [1.54, 1.807) is 67.8 Å². The van der Waals surface area contributed by atoms with E-state index in [0.29, 0.717) is 22.8 Å². The molecule has 0 fully saturated rings. The summed E-state index contributed by atoms with van der Waals surface area (Å²) in [6, 6.07) is 17.5. The smallest absolute Gasteiger partial charge is 0.326 e. The Labute approximate surface area is 202 Å². The average Bonchev–Trinajstić information content (AvgIpc) is 3.34. The quantitative estimate of drug-likeness (QED) is 0.453. The highest BCUT2D eigenvalue weighted by atomic mass is 16.7. The van der Waals surface area contributed by atoms with Gasteiger partial charge in [0.15, 0.2) is 11.5 Å². The van der Waals surface area contributed by atoms with Crippen LogP contribution in [0.1, 0.15) is 16.7 Å². The Kier molecular flexibility index (Phi) is 7.21. The van der Waals surface area contributed by atoms with Crippen LogP contribution in [-0.2, 0) is 22.6 Å². The van der Waals surface area contributed by atoms with Crippen molar-refractivity contribution in [2.45, 2.75) is 19.0 Å². The zero-order chi connectivity index (χ0) is 24.8. The van der Waals surface area contributed by atoms with Crippen LogP contribution in [0.3, 0.4) is 0 Å². The lowest BCUT2D eigenvalue weighted by Crippen LogP contribution is -2.45. The number of aliphatic carboxylic acids is 1. The van der Waals surface area contributed by atoms with Gasteiger partial charge in [-0.15, -0.1) is 0 Å². The van der Waals surface area contributed by atoms with Crippen molar-refractivity contribution >= 4 is 18.0 Å². The summed E-state index contributed by atoms with van der Waals surface area (Å²) >= 11 is 0. The Morgan fingerprint density at radius 2 is 1.69 bits per heavy atom. The van der Waals surface area contributed by atoms with Crippen LogP contribution in [-0.4, -0.2) is 46.9 Å². The number of benzene rings is 3. The number of carboxylic acids is 1. The molecule has 1 heterocycles. The van der Waals surface area contributed by atoms with Gasteiger partial charge in [-0.25, -0.2) is 4.79 Å². The molecule has 1 aliphatic rings. The molecule has 0 spiro atoms. The first-order chi connectivity index (χ1) is 16.9. The van der Waals surface area contributed by atoms with Crippen molar-refractivity contribution in [2.75, 3.05) is 13.9 Å². The number of carbonyl (C=O) groups excluding carboxylic acids is 1. The molecule has 0 unspecified atom stereocenters. The zero-order valence-electron chi connectivity index (χ0n) is 19.1. The zero-order valence-corrected chi connectivity index (χ0v) is 19.1. The van der Waals surface area contributed by atoms with E-state index in [1.807, 2.05) is 0 Å². The summed E-state index contributed by atoms with van der Waals surface area (Å²) in [6.07, 6.45) is 3.05. The van der Waals surface area contributed by atoms with Gasteiger partial charge in [0.2, 0.25) is 12.7 Å². The number of hydrogen-bond acceptors (Lipinski definition) is 6. The Bertz CT molecular complexity index is 1220. The number of phenolic OH excluding ortho intramolecular Hbond substituents is 1. The van der Waals surface area contributed by atoms with Gasteiger partial charge in [0.25, 0.3) is 0 Å². The molecule has 180 valence electrons. The maximum absolute atomic E-state index is 13.3. The molecule has 8 nitrogen and oxygen atoms in total. The van der Waals surface area contributed by atoms with Crippen molar-refractivity contribution in [2.24, 2.45) is 0 Å². The lowest BCUT2D eigenvalue weighted by atomic mass is 10.0. The molecular weight excluding hydrogens is 450 g/mol. The lowest BCUT2D eigenvalue weighted by molar-refractivity contribution is -0.148. The Morgan fingerprint density at radius 1 is 1.00 bits per heavy atom. The lowest BCUT2D eigenvalue weighted by Gasteiger charge is -2.28. The number of rotatable bonds is 9. The molecule has 8 heteroatoms. The van der Waals surface area contributed by atoms with Crippen LogP contribution in [0.4, 0.5) is 0 Å². The Balaban J connectivity index is 1.61. The van der Waals surface area contributed by atoms with Crippen molar-refractivity contribution in [3.63, 3.8) is 0 Å². The number of phenols is 1. The number of hydrogen-bond donors (Lipinski definition) is 2. The second kappa shape index (κ2) is 10.6. The number of carbonyl (C=O) groups is 2. The van der Waals surface area contributed by atoms with Crippen molar-refractivity contribution in [1.82, 2.24) is 4.90 Å². The second-order valence-electron chi connectivity index (χ2n) is 7.98. The fourth-order valence-corrected chi connectivity index (χ4v) is 3.74. The van der Waals surface area contributed by atoms with Gasteiger partial charge in [-0.1, -0.05) is 30.3 Å². The van der Waals surface area contributed by atoms with Gasteiger partial charge in [0, 0.05) is 19.0 Å². The number of nitrogens with zero attached hydrogens (tertiary/aromatic N) is 1. The molecule has 0 aromatic heterocycles. The number of carboxylic acid groups (broad SMARTS) is 1. The van der Waals surface area contributed by atoms with E-state index >= 15 is 0 Å². The first kappa shape index (κ1) is 23.7. The van der Waals surface area contributed by atoms with Crippen molar-refractivity contribution < 1.29 is 34.0 Å². The summed E-state index contributed by atoms with van der Waals surface area (Å²) in [5, 5.41) is 19.6. The molecule has 0 radical (unpaired) electrons. The third kappa shape index (κ3) is 5.92. The molecule has 1 atom stereocenters. The highest BCUT2D eigenvalue weighted by Crippen LogP contribution is 2.32. The first-order valence-corrected chi connectivity index (χ1v) is 10.9. The van der Waals surface area contributed by atoms with Crippen LogP contribution in [0.25, 0.3) is 6.08 Å². The maximum Gasteiger partial charge on any atom is 0.326 e. The van der Waals surface area contributed by atoms with E-state index in [1.165, 1.54) is 23.1 Å². The predicted octanol–water partition coefficient (Wildman–Crippen LogP) is 3.87. The molecule has 1 amide bonds. The first-order valence-electron chi connectivity index (χ1n) is 10.9. The minimum atomic E-state index is -1.13.